The maximum absolute atomic E-state index is 9.64. The number of rotatable bonds is 4. The fourth-order valence-corrected chi connectivity index (χ4v) is 1.45. The topological polar surface area (TPSA) is 29.5 Å². The van der Waals surface area contributed by atoms with Crippen molar-refractivity contribution in [2.45, 2.75) is 12.5 Å². The Morgan fingerprint density at radius 3 is 2.86 bits per heavy atom. The van der Waals surface area contributed by atoms with Crippen molar-refractivity contribution in [1.82, 2.24) is 0 Å². The highest BCUT2D eigenvalue weighted by Gasteiger charge is 2.08. The van der Waals surface area contributed by atoms with Crippen LogP contribution in [-0.2, 0) is 0 Å². The quantitative estimate of drug-likeness (QED) is 0.778. The molecule has 0 aromatic heterocycles. The minimum Gasteiger partial charge on any atom is -0.495 e. The molecule has 1 aromatic carbocycles. The molecule has 0 saturated carbocycles. The van der Waals surface area contributed by atoms with Gasteiger partial charge in [0.1, 0.15) is 5.75 Å². The first-order valence-corrected chi connectivity index (χ1v) is 4.69. The Kier molecular flexibility index (Phi) is 3.98. The highest BCUT2D eigenvalue weighted by molar-refractivity contribution is 6.32. The van der Waals surface area contributed by atoms with E-state index in [2.05, 4.69) is 6.58 Å². The third-order valence-electron chi connectivity index (χ3n) is 1.95. The van der Waals surface area contributed by atoms with Crippen molar-refractivity contribution in [2.75, 3.05) is 7.11 Å². The van der Waals surface area contributed by atoms with Gasteiger partial charge in [-0.3, -0.25) is 0 Å². The van der Waals surface area contributed by atoms with Crippen LogP contribution in [0, 0.1) is 0 Å². The van der Waals surface area contributed by atoms with Crippen molar-refractivity contribution in [3.05, 3.63) is 41.4 Å². The molecule has 0 spiro atoms. The maximum Gasteiger partial charge on any atom is 0.137 e. The number of methoxy groups -OCH3 is 1. The van der Waals surface area contributed by atoms with Crippen LogP contribution in [0.4, 0.5) is 0 Å². The Balaban J connectivity index is 2.90. The van der Waals surface area contributed by atoms with E-state index >= 15 is 0 Å². The van der Waals surface area contributed by atoms with Crippen molar-refractivity contribution in [3.8, 4) is 5.75 Å². The predicted molar refractivity (Wildman–Crippen MR) is 57.8 cm³/mol. The van der Waals surface area contributed by atoms with E-state index in [0.717, 1.165) is 5.56 Å². The Morgan fingerprint density at radius 2 is 2.36 bits per heavy atom. The predicted octanol–water partition coefficient (Wildman–Crippen LogP) is 2.96. The average Bonchev–Trinajstić information content (AvgIpc) is 2.18. The smallest absolute Gasteiger partial charge is 0.137 e. The van der Waals surface area contributed by atoms with Crippen molar-refractivity contribution >= 4 is 11.6 Å². The molecule has 0 amide bonds. The van der Waals surface area contributed by atoms with Crippen LogP contribution in [-0.4, -0.2) is 12.2 Å². The minimum atomic E-state index is -0.545. The van der Waals surface area contributed by atoms with Crippen molar-refractivity contribution in [1.29, 1.82) is 0 Å². The lowest BCUT2D eigenvalue weighted by molar-refractivity contribution is 0.181. The Labute approximate surface area is 88.8 Å². The Hall–Kier alpha value is -0.990. The van der Waals surface area contributed by atoms with Crippen LogP contribution in [0.1, 0.15) is 18.1 Å². The van der Waals surface area contributed by atoms with Gasteiger partial charge in [-0.05, 0) is 24.1 Å². The molecule has 1 N–H and O–H groups in total. The fourth-order valence-electron chi connectivity index (χ4n) is 1.18. The first-order valence-electron chi connectivity index (χ1n) is 4.31. The average molecular weight is 213 g/mol. The molecule has 1 unspecified atom stereocenters. The summed E-state index contributed by atoms with van der Waals surface area (Å²) in [6, 6.07) is 5.23. The number of hydrogen-bond donors (Lipinski definition) is 1. The highest BCUT2D eigenvalue weighted by Crippen LogP contribution is 2.28. The Bertz CT molecular complexity index is 323. The minimum absolute atomic E-state index is 0.508. The lowest BCUT2D eigenvalue weighted by Crippen LogP contribution is -1.96. The van der Waals surface area contributed by atoms with Crippen LogP contribution < -0.4 is 4.74 Å². The maximum atomic E-state index is 9.64. The van der Waals surface area contributed by atoms with Gasteiger partial charge in [-0.1, -0.05) is 23.7 Å². The van der Waals surface area contributed by atoms with Crippen LogP contribution in [0.2, 0.25) is 5.02 Å². The van der Waals surface area contributed by atoms with E-state index in [0.29, 0.717) is 17.2 Å². The third-order valence-corrected chi connectivity index (χ3v) is 2.25. The van der Waals surface area contributed by atoms with E-state index in [1.807, 2.05) is 0 Å². The van der Waals surface area contributed by atoms with Crippen LogP contribution in [0.15, 0.2) is 30.9 Å². The zero-order valence-electron chi connectivity index (χ0n) is 8.03. The number of hydrogen-bond acceptors (Lipinski definition) is 2. The Morgan fingerprint density at radius 1 is 1.64 bits per heavy atom. The number of ether oxygens (including phenoxy) is 1. The van der Waals surface area contributed by atoms with Crippen LogP contribution in [0.5, 0.6) is 5.75 Å². The van der Waals surface area contributed by atoms with E-state index in [1.165, 1.54) is 0 Å². The SMILES string of the molecule is C=CCC(O)c1ccc(OC)c(Cl)c1. The van der Waals surface area contributed by atoms with E-state index < -0.39 is 6.10 Å². The van der Waals surface area contributed by atoms with Crippen molar-refractivity contribution in [3.63, 3.8) is 0 Å². The van der Waals surface area contributed by atoms with Gasteiger partial charge in [0.15, 0.2) is 0 Å². The second-order valence-electron chi connectivity index (χ2n) is 2.93. The van der Waals surface area contributed by atoms with Gasteiger partial charge < -0.3 is 9.84 Å². The summed E-state index contributed by atoms with van der Waals surface area (Å²) in [7, 11) is 1.56. The van der Waals surface area contributed by atoms with Gasteiger partial charge >= 0.3 is 0 Å². The van der Waals surface area contributed by atoms with Crippen molar-refractivity contribution in [2.24, 2.45) is 0 Å². The lowest BCUT2D eigenvalue weighted by Gasteiger charge is -2.10. The lowest BCUT2D eigenvalue weighted by atomic mass is 10.1. The van der Waals surface area contributed by atoms with E-state index in [-0.39, 0.29) is 0 Å². The van der Waals surface area contributed by atoms with Gasteiger partial charge in [0.25, 0.3) is 0 Å². The number of aliphatic hydroxyl groups is 1. The monoisotopic (exact) mass is 212 g/mol. The number of aliphatic hydroxyl groups excluding tert-OH is 1. The molecule has 14 heavy (non-hydrogen) atoms. The zero-order valence-corrected chi connectivity index (χ0v) is 8.79. The summed E-state index contributed by atoms with van der Waals surface area (Å²) in [6.07, 6.45) is 1.64. The van der Waals surface area contributed by atoms with Crippen molar-refractivity contribution < 1.29 is 9.84 Å². The molecule has 1 atom stereocenters. The molecule has 0 heterocycles. The van der Waals surface area contributed by atoms with Crippen LogP contribution >= 0.6 is 11.6 Å². The second-order valence-corrected chi connectivity index (χ2v) is 3.34. The van der Waals surface area contributed by atoms with Gasteiger partial charge in [0, 0.05) is 0 Å². The summed E-state index contributed by atoms with van der Waals surface area (Å²) in [5, 5.41) is 10.1. The zero-order chi connectivity index (χ0) is 10.6. The molecule has 0 saturated heterocycles. The standard InChI is InChI=1S/C11H13ClO2/c1-3-4-10(13)8-5-6-11(14-2)9(12)7-8/h3,5-7,10,13H,1,4H2,2H3. The van der Waals surface area contributed by atoms with Crippen LogP contribution in [0.25, 0.3) is 0 Å². The summed E-state index contributed by atoms with van der Waals surface area (Å²) in [5.41, 5.74) is 0.774. The molecular formula is C11H13ClO2. The van der Waals surface area contributed by atoms with E-state index in [1.54, 1.807) is 31.4 Å². The largest absolute Gasteiger partial charge is 0.495 e. The molecule has 3 heteroatoms. The molecular weight excluding hydrogens is 200 g/mol. The van der Waals surface area contributed by atoms with Gasteiger partial charge in [0.05, 0.1) is 18.2 Å². The molecule has 0 bridgehead atoms. The highest BCUT2D eigenvalue weighted by atomic mass is 35.5. The second kappa shape index (κ2) is 5.03. The van der Waals surface area contributed by atoms with E-state index in [4.69, 9.17) is 16.3 Å². The van der Waals surface area contributed by atoms with E-state index in [9.17, 15) is 5.11 Å². The number of halogens is 1. The first kappa shape index (κ1) is 11.1. The van der Waals surface area contributed by atoms with Gasteiger partial charge in [-0.25, -0.2) is 0 Å². The molecule has 0 radical (unpaired) electrons. The fraction of sp³-hybridized carbons (Fsp3) is 0.273. The van der Waals surface area contributed by atoms with Crippen LogP contribution in [0.3, 0.4) is 0 Å². The molecule has 1 aromatic rings. The van der Waals surface area contributed by atoms with Gasteiger partial charge in [-0.15, -0.1) is 6.58 Å². The van der Waals surface area contributed by atoms with Gasteiger partial charge in [-0.2, -0.15) is 0 Å². The summed E-state index contributed by atoms with van der Waals surface area (Å²) in [4.78, 5) is 0. The summed E-state index contributed by atoms with van der Waals surface area (Å²) >= 11 is 5.91. The summed E-state index contributed by atoms with van der Waals surface area (Å²) in [5.74, 6) is 0.612. The number of benzene rings is 1. The molecule has 0 aliphatic heterocycles. The van der Waals surface area contributed by atoms with Gasteiger partial charge in [0.2, 0.25) is 0 Å². The molecule has 0 fully saturated rings. The molecule has 2 nitrogen and oxygen atoms in total. The molecule has 76 valence electrons. The normalized spacial score (nSPS) is 12.2. The summed E-state index contributed by atoms with van der Waals surface area (Å²) < 4.78 is 5.01. The molecule has 0 aliphatic carbocycles. The molecule has 0 aliphatic rings. The third kappa shape index (κ3) is 2.50. The molecule has 1 rings (SSSR count). The summed E-state index contributed by atoms with van der Waals surface area (Å²) in [6.45, 7) is 3.56. The first-order chi connectivity index (χ1) is 6.69.